The van der Waals surface area contributed by atoms with Gasteiger partial charge in [-0.25, -0.2) is 4.39 Å². The zero-order valence-corrected chi connectivity index (χ0v) is 21.2. The lowest BCUT2D eigenvalue weighted by atomic mass is 9.70. The fourth-order valence-electron chi connectivity index (χ4n) is 6.82. The van der Waals surface area contributed by atoms with Gasteiger partial charge in [0.1, 0.15) is 5.82 Å². The predicted molar refractivity (Wildman–Crippen MR) is 158 cm³/mol. The number of hydrogen-bond donors (Lipinski definition) is 1. The number of hydrogen-bond acceptors (Lipinski definition) is 1. The van der Waals surface area contributed by atoms with E-state index in [9.17, 15) is 0 Å². The molecule has 39 heavy (non-hydrogen) atoms. The molecule has 2 aliphatic rings. The average Bonchev–Trinajstić information content (AvgIpc) is 3.47. The second kappa shape index (κ2) is 8.28. The summed E-state index contributed by atoms with van der Waals surface area (Å²) in [6, 6.07) is 48.0. The van der Waals surface area contributed by atoms with Crippen molar-refractivity contribution < 1.29 is 4.39 Å². The maximum Gasteiger partial charge on any atom is 0.146 e. The fraction of sp³-hybridized carbons (Fsp3) is 0.0270. The molecular formula is C37H24FN. The SMILES string of the molecule is Fc1ccc(-c2ccccc2)cc1Nc1cccc2c1-c1ccccc1C21c2ccccc2-c2ccccc21. The second-order valence-electron chi connectivity index (χ2n) is 10.3. The smallest absolute Gasteiger partial charge is 0.146 e. The van der Waals surface area contributed by atoms with Crippen LogP contribution in [0.25, 0.3) is 33.4 Å². The topological polar surface area (TPSA) is 12.0 Å². The zero-order chi connectivity index (χ0) is 26.0. The van der Waals surface area contributed by atoms with Crippen LogP contribution in [0.5, 0.6) is 0 Å². The van der Waals surface area contributed by atoms with Crippen LogP contribution in [-0.4, -0.2) is 0 Å². The summed E-state index contributed by atoms with van der Waals surface area (Å²) in [5, 5.41) is 3.50. The van der Waals surface area contributed by atoms with Gasteiger partial charge in [0.25, 0.3) is 0 Å². The van der Waals surface area contributed by atoms with E-state index in [2.05, 4.69) is 96.3 Å². The molecule has 0 unspecified atom stereocenters. The van der Waals surface area contributed by atoms with Gasteiger partial charge < -0.3 is 5.32 Å². The van der Waals surface area contributed by atoms with Gasteiger partial charge in [0.05, 0.1) is 11.1 Å². The minimum Gasteiger partial charge on any atom is -0.353 e. The molecule has 6 aromatic carbocycles. The quantitative estimate of drug-likeness (QED) is 0.254. The molecule has 0 heterocycles. The Kier molecular flexibility index (Phi) is 4.68. The van der Waals surface area contributed by atoms with E-state index in [-0.39, 0.29) is 5.82 Å². The Morgan fingerprint density at radius 1 is 0.436 bits per heavy atom. The molecule has 8 rings (SSSR count). The molecule has 1 nitrogen and oxygen atoms in total. The minimum absolute atomic E-state index is 0.273. The molecule has 0 saturated carbocycles. The summed E-state index contributed by atoms with van der Waals surface area (Å²) in [4.78, 5) is 0. The van der Waals surface area contributed by atoms with Gasteiger partial charge in [-0.15, -0.1) is 0 Å². The van der Waals surface area contributed by atoms with Crippen LogP contribution in [0.3, 0.4) is 0 Å². The summed E-state index contributed by atoms with van der Waals surface area (Å²) in [6.45, 7) is 0. The molecule has 0 aliphatic heterocycles. The van der Waals surface area contributed by atoms with Gasteiger partial charge >= 0.3 is 0 Å². The fourth-order valence-corrected chi connectivity index (χ4v) is 6.82. The third-order valence-electron chi connectivity index (χ3n) is 8.36. The number of anilines is 2. The summed E-state index contributed by atoms with van der Waals surface area (Å²) < 4.78 is 15.2. The summed E-state index contributed by atoms with van der Waals surface area (Å²) in [6.07, 6.45) is 0. The lowest BCUT2D eigenvalue weighted by molar-refractivity contribution is 0.632. The van der Waals surface area contributed by atoms with E-state index in [1.54, 1.807) is 6.07 Å². The number of halogens is 1. The van der Waals surface area contributed by atoms with Crippen molar-refractivity contribution in [2.75, 3.05) is 5.32 Å². The molecule has 0 radical (unpaired) electrons. The number of fused-ring (bicyclic) bond motifs is 10. The van der Waals surface area contributed by atoms with Gasteiger partial charge in [-0.05, 0) is 68.3 Å². The van der Waals surface area contributed by atoms with Crippen molar-refractivity contribution in [3.05, 3.63) is 168 Å². The van der Waals surface area contributed by atoms with Crippen molar-refractivity contribution >= 4 is 11.4 Å². The summed E-state index contributed by atoms with van der Waals surface area (Å²) in [5.41, 5.74) is 12.9. The van der Waals surface area contributed by atoms with E-state index in [1.165, 1.54) is 38.9 Å². The van der Waals surface area contributed by atoms with Gasteiger partial charge in [0.2, 0.25) is 0 Å². The zero-order valence-electron chi connectivity index (χ0n) is 21.2. The molecule has 1 spiro atoms. The first-order valence-corrected chi connectivity index (χ1v) is 13.3. The average molecular weight is 502 g/mol. The molecule has 6 aromatic rings. The van der Waals surface area contributed by atoms with Gasteiger partial charge in [-0.1, -0.05) is 121 Å². The van der Waals surface area contributed by atoms with Crippen LogP contribution in [-0.2, 0) is 5.41 Å². The minimum atomic E-state index is -0.415. The molecular weight excluding hydrogens is 477 g/mol. The Bertz CT molecular complexity index is 1860. The highest BCUT2D eigenvalue weighted by Crippen LogP contribution is 2.63. The van der Waals surface area contributed by atoms with Gasteiger partial charge in [0.15, 0.2) is 0 Å². The van der Waals surface area contributed by atoms with Crippen molar-refractivity contribution in [2.24, 2.45) is 0 Å². The third-order valence-corrected chi connectivity index (χ3v) is 8.36. The maximum absolute atomic E-state index is 15.2. The van der Waals surface area contributed by atoms with Gasteiger partial charge in [-0.2, -0.15) is 0 Å². The van der Waals surface area contributed by atoms with Gasteiger partial charge in [-0.3, -0.25) is 0 Å². The third kappa shape index (κ3) is 3.00. The Morgan fingerprint density at radius 2 is 1.00 bits per heavy atom. The molecule has 2 aliphatic carbocycles. The molecule has 0 fully saturated rings. The van der Waals surface area contributed by atoms with Crippen molar-refractivity contribution in [3.63, 3.8) is 0 Å². The molecule has 184 valence electrons. The highest BCUT2D eigenvalue weighted by Gasteiger charge is 2.51. The molecule has 0 amide bonds. The highest BCUT2D eigenvalue weighted by atomic mass is 19.1. The number of benzene rings is 6. The van der Waals surface area contributed by atoms with E-state index in [0.717, 1.165) is 22.4 Å². The van der Waals surface area contributed by atoms with Crippen molar-refractivity contribution in [1.29, 1.82) is 0 Å². The normalized spacial score (nSPS) is 13.5. The lowest BCUT2D eigenvalue weighted by Crippen LogP contribution is -2.25. The maximum atomic E-state index is 15.2. The van der Waals surface area contributed by atoms with Crippen LogP contribution in [0.1, 0.15) is 22.3 Å². The van der Waals surface area contributed by atoms with Crippen molar-refractivity contribution in [1.82, 2.24) is 0 Å². The molecule has 1 N–H and O–H groups in total. The van der Waals surface area contributed by atoms with Gasteiger partial charge in [0, 0.05) is 11.3 Å². The first kappa shape index (κ1) is 22.1. The lowest BCUT2D eigenvalue weighted by Gasteiger charge is -2.30. The summed E-state index contributed by atoms with van der Waals surface area (Å²) >= 11 is 0. The molecule has 0 bridgehead atoms. The van der Waals surface area contributed by atoms with Crippen LogP contribution in [0, 0.1) is 5.82 Å². The van der Waals surface area contributed by atoms with E-state index in [4.69, 9.17) is 0 Å². The number of nitrogens with one attached hydrogen (secondary N) is 1. The van der Waals surface area contributed by atoms with Crippen LogP contribution >= 0.6 is 0 Å². The molecule has 0 aromatic heterocycles. The molecule has 2 heteroatoms. The van der Waals surface area contributed by atoms with E-state index in [1.807, 2.05) is 42.5 Å². The Balaban J connectivity index is 1.37. The first-order valence-electron chi connectivity index (χ1n) is 13.3. The monoisotopic (exact) mass is 501 g/mol. The summed E-state index contributed by atoms with van der Waals surface area (Å²) in [5.74, 6) is -0.273. The largest absolute Gasteiger partial charge is 0.353 e. The Labute approximate surface area is 227 Å². The van der Waals surface area contributed by atoms with Crippen molar-refractivity contribution in [2.45, 2.75) is 5.41 Å². The highest BCUT2D eigenvalue weighted by molar-refractivity contribution is 5.99. The summed E-state index contributed by atoms with van der Waals surface area (Å²) in [7, 11) is 0. The van der Waals surface area contributed by atoms with Crippen LogP contribution in [0.15, 0.2) is 140 Å². The Morgan fingerprint density at radius 3 is 1.69 bits per heavy atom. The molecule has 0 atom stereocenters. The first-order chi connectivity index (χ1) is 19.3. The van der Waals surface area contributed by atoms with E-state index in [0.29, 0.717) is 5.69 Å². The van der Waals surface area contributed by atoms with Crippen molar-refractivity contribution in [3.8, 4) is 33.4 Å². The second-order valence-corrected chi connectivity index (χ2v) is 10.3. The van der Waals surface area contributed by atoms with Crippen LogP contribution in [0.4, 0.5) is 15.8 Å². The standard InChI is InChI=1S/C37H24FN/c38-33-22-21-25(24-11-2-1-3-12-24)23-35(33)39-34-20-10-19-32-36(34)28-15-6-9-18-31(28)37(32)29-16-7-4-13-26(29)27-14-5-8-17-30(27)37/h1-23,39H. The van der Waals surface area contributed by atoms with Crippen LogP contribution < -0.4 is 5.32 Å². The van der Waals surface area contributed by atoms with Crippen LogP contribution in [0.2, 0.25) is 0 Å². The van der Waals surface area contributed by atoms with E-state index < -0.39 is 5.41 Å². The Hall–Kier alpha value is -4.95. The number of rotatable bonds is 3. The van der Waals surface area contributed by atoms with E-state index >= 15 is 4.39 Å². The molecule has 0 saturated heterocycles. The predicted octanol–water partition coefficient (Wildman–Crippen LogP) is 9.58.